The lowest BCUT2D eigenvalue weighted by Crippen LogP contribution is -2.34. The van der Waals surface area contributed by atoms with Gasteiger partial charge in [-0.15, -0.1) is 11.3 Å². The molecule has 3 aromatic heterocycles. The van der Waals surface area contributed by atoms with E-state index in [1.807, 2.05) is 19.1 Å². The lowest BCUT2D eigenvalue weighted by atomic mass is 10.2. The molecule has 166 valence electrons. The summed E-state index contributed by atoms with van der Waals surface area (Å²) < 4.78 is 6.82. The van der Waals surface area contributed by atoms with E-state index in [4.69, 9.17) is 16.1 Å². The van der Waals surface area contributed by atoms with Crippen LogP contribution in [0.25, 0.3) is 32.4 Å². The van der Waals surface area contributed by atoms with E-state index in [-0.39, 0.29) is 18.0 Å². The van der Waals surface area contributed by atoms with Gasteiger partial charge < -0.3 is 9.42 Å². The molecule has 0 saturated carbocycles. The zero-order chi connectivity index (χ0) is 22.8. The first kappa shape index (κ1) is 22.2. The molecule has 1 amide bonds. The van der Waals surface area contributed by atoms with Gasteiger partial charge in [-0.05, 0) is 43.2 Å². The number of aromatic nitrogens is 4. The van der Waals surface area contributed by atoms with Gasteiger partial charge in [-0.25, -0.2) is 4.98 Å². The van der Waals surface area contributed by atoms with Crippen LogP contribution in [0.3, 0.4) is 0 Å². The minimum Gasteiger partial charge on any atom is -0.344 e. The van der Waals surface area contributed by atoms with Gasteiger partial charge in [0.1, 0.15) is 11.4 Å². The average molecular weight is 472 g/mol. The summed E-state index contributed by atoms with van der Waals surface area (Å²) in [4.78, 5) is 37.4. The van der Waals surface area contributed by atoms with Crippen molar-refractivity contribution in [1.82, 2.24) is 24.6 Å². The maximum Gasteiger partial charge on any atom is 0.268 e. The number of aryl methyl sites for hydroxylation is 1. The molecule has 1 aromatic carbocycles. The summed E-state index contributed by atoms with van der Waals surface area (Å²) in [7, 11) is 1.75. The fourth-order valence-corrected chi connectivity index (χ4v) is 4.48. The zero-order valence-electron chi connectivity index (χ0n) is 18.0. The molecule has 0 bridgehead atoms. The maximum atomic E-state index is 13.1. The smallest absolute Gasteiger partial charge is 0.268 e. The first-order valence-electron chi connectivity index (χ1n) is 10.2. The summed E-state index contributed by atoms with van der Waals surface area (Å²) >= 11 is 7.25. The SMILES string of the molecule is CCCCN(C)C(=O)Cn1cnc2sc(-c3nc(-c4ccc(Cl)cc4)no3)c(C)c2c1=O. The third-order valence-corrected chi connectivity index (χ3v) is 6.66. The molecule has 0 unspecified atom stereocenters. The topological polar surface area (TPSA) is 94.1 Å². The minimum absolute atomic E-state index is 0.0477. The van der Waals surface area contributed by atoms with Crippen molar-refractivity contribution in [1.29, 1.82) is 0 Å². The number of unbranched alkanes of at least 4 members (excludes halogenated alkanes) is 1. The van der Waals surface area contributed by atoms with Crippen molar-refractivity contribution in [3.63, 3.8) is 0 Å². The summed E-state index contributed by atoms with van der Waals surface area (Å²) in [5, 5.41) is 5.13. The number of fused-ring (bicyclic) bond motifs is 1. The molecule has 0 radical (unpaired) electrons. The summed E-state index contributed by atoms with van der Waals surface area (Å²) in [5.74, 6) is 0.621. The zero-order valence-corrected chi connectivity index (χ0v) is 19.5. The summed E-state index contributed by atoms with van der Waals surface area (Å²) in [6.07, 6.45) is 3.34. The number of carbonyl (C=O) groups excluding carboxylic acids is 1. The van der Waals surface area contributed by atoms with Gasteiger partial charge in [0, 0.05) is 24.2 Å². The molecule has 0 spiro atoms. The molecule has 0 atom stereocenters. The lowest BCUT2D eigenvalue weighted by Gasteiger charge is -2.17. The van der Waals surface area contributed by atoms with E-state index in [2.05, 4.69) is 22.0 Å². The van der Waals surface area contributed by atoms with Crippen molar-refractivity contribution < 1.29 is 9.32 Å². The number of carbonyl (C=O) groups is 1. The van der Waals surface area contributed by atoms with Gasteiger partial charge in [-0.3, -0.25) is 14.2 Å². The van der Waals surface area contributed by atoms with Crippen LogP contribution < -0.4 is 5.56 Å². The number of rotatable bonds is 7. The highest BCUT2D eigenvalue weighted by atomic mass is 35.5. The van der Waals surface area contributed by atoms with Crippen LogP contribution in [0, 0.1) is 6.92 Å². The molecule has 10 heteroatoms. The van der Waals surface area contributed by atoms with E-state index in [0.29, 0.717) is 43.9 Å². The Morgan fingerprint density at radius 3 is 2.75 bits per heavy atom. The standard InChI is InChI=1S/C22H22ClN5O3S/c1-4-5-10-27(3)16(29)11-28-12-24-21-17(22(28)30)13(2)18(32-21)20-25-19(26-31-20)14-6-8-15(23)9-7-14/h6-9,12H,4-5,10-11H2,1-3H3. The van der Waals surface area contributed by atoms with Crippen molar-refractivity contribution in [3.05, 3.63) is 51.5 Å². The number of likely N-dealkylation sites (N-methyl/N-ethyl adjacent to an activating group) is 1. The van der Waals surface area contributed by atoms with Gasteiger partial charge in [-0.2, -0.15) is 4.98 Å². The van der Waals surface area contributed by atoms with Crippen molar-refractivity contribution in [2.24, 2.45) is 0 Å². The molecule has 32 heavy (non-hydrogen) atoms. The Balaban J connectivity index is 1.65. The van der Waals surface area contributed by atoms with Crippen LogP contribution in [0.1, 0.15) is 25.3 Å². The highest BCUT2D eigenvalue weighted by Crippen LogP contribution is 2.35. The highest BCUT2D eigenvalue weighted by molar-refractivity contribution is 7.22. The largest absolute Gasteiger partial charge is 0.344 e. The van der Waals surface area contributed by atoms with E-state index in [9.17, 15) is 9.59 Å². The van der Waals surface area contributed by atoms with E-state index < -0.39 is 0 Å². The van der Waals surface area contributed by atoms with Gasteiger partial charge in [0.2, 0.25) is 11.7 Å². The number of nitrogens with zero attached hydrogens (tertiary/aromatic N) is 5. The van der Waals surface area contributed by atoms with E-state index in [0.717, 1.165) is 18.4 Å². The van der Waals surface area contributed by atoms with E-state index >= 15 is 0 Å². The number of halogens is 1. The van der Waals surface area contributed by atoms with Crippen LogP contribution in [0.4, 0.5) is 0 Å². The number of amides is 1. The summed E-state index contributed by atoms with van der Waals surface area (Å²) in [6.45, 7) is 4.50. The Labute approximate surface area is 193 Å². The van der Waals surface area contributed by atoms with Crippen molar-refractivity contribution in [2.45, 2.75) is 33.2 Å². The Hall–Kier alpha value is -3.04. The van der Waals surface area contributed by atoms with Crippen LogP contribution in [-0.2, 0) is 11.3 Å². The van der Waals surface area contributed by atoms with E-state index in [1.54, 1.807) is 24.1 Å². The van der Waals surface area contributed by atoms with Gasteiger partial charge in [0.15, 0.2) is 0 Å². The van der Waals surface area contributed by atoms with Crippen molar-refractivity contribution >= 4 is 39.1 Å². The quantitative estimate of drug-likeness (QED) is 0.396. The normalized spacial score (nSPS) is 11.2. The van der Waals surface area contributed by atoms with E-state index in [1.165, 1.54) is 22.2 Å². The average Bonchev–Trinajstić information content (AvgIpc) is 3.39. The molecule has 4 rings (SSSR count). The van der Waals surface area contributed by atoms with Crippen LogP contribution in [-0.4, -0.2) is 44.1 Å². The predicted octanol–water partition coefficient (Wildman–Crippen LogP) is 4.40. The van der Waals surface area contributed by atoms with Crippen LogP contribution in [0.15, 0.2) is 39.9 Å². The summed E-state index contributed by atoms with van der Waals surface area (Å²) in [5.41, 5.74) is 1.22. The second-order valence-electron chi connectivity index (χ2n) is 7.51. The molecule has 0 N–H and O–H groups in total. The molecule has 0 saturated heterocycles. The number of benzene rings is 1. The lowest BCUT2D eigenvalue weighted by molar-refractivity contribution is -0.130. The molecule has 8 nitrogen and oxygen atoms in total. The molecule has 0 aliphatic carbocycles. The van der Waals surface area contributed by atoms with Gasteiger partial charge >= 0.3 is 0 Å². The monoisotopic (exact) mass is 471 g/mol. The number of hydrogen-bond donors (Lipinski definition) is 0. The maximum absolute atomic E-state index is 13.1. The molecular formula is C22H22ClN5O3S. The highest BCUT2D eigenvalue weighted by Gasteiger charge is 2.21. The fraction of sp³-hybridized carbons (Fsp3) is 0.318. The summed E-state index contributed by atoms with van der Waals surface area (Å²) in [6, 6.07) is 7.13. The van der Waals surface area contributed by atoms with Crippen LogP contribution >= 0.6 is 22.9 Å². The van der Waals surface area contributed by atoms with Crippen LogP contribution in [0.5, 0.6) is 0 Å². The molecule has 4 aromatic rings. The van der Waals surface area contributed by atoms with Gasteiger partial charge in [0.25, 0.3) is 11.4 Å². The van der Waals surface area contributed by atoms with Crippen molar-refractivity contribution in [2.75, 3.05) is 13.6 Å². The predicted molar refractivity (Wildman–Crippen MR) is 125 cm³/mol. The first-order chi connectivity index (χ1) is 15.4. The van der Waals surface area contributed by atoms with Crippen molar-refractivity contribution in [3.8, 4) is 22.2 Å². The second-order valence-corrected chi connectivity index (χ2v) is 8.95. The molecule has 0 fully saturated rings. The third-order valence-electron chi connectivity index (χ3n) is 5.22. The Morgan fingerprint density at radius 2 is 2.03 bits per heavy atom. The Morgan fingerprint density at radius 1 is 1.28 bits per heavy atom. The Kier molecular flexibility index (Phi) is 6.38. The minimum atomic E-state index is -0.260. The molecular weight excluding hydrogens is 450 g/mol. The first-order valence-corrected chi connectivity index (χ1v) is 11.4. The number of hydrogen-bond acceptors (Lipinski definition) is 7. The molecule has 3 heterocycles. The van der Waals surface area contributed by atoms with Gasteiger partial charge in [-0.1, -0.05) is 30.1 Å². The Bertz CT molecular complexity index is 1330. The molecule has 0 aliphatic heterocycles. The van der Waals surface area contributed by atoms with Gasteiger partial charge in [0.05, 0.1) is 16.6 Å². The third kappa shape index (κ3) is 4.31. The van der Waals surface area contributed by atoms with Crippen LogP contribution in [0.2, 0.25) is 5.02 Å². The molecule has 0 aliphatic rings. The second kappa shape index (κ2) is 9.22. The fourth-order valence-electron chi connectivity index (χ4n) is 3.29. The number of thiophene rings is 1.